The van der Waals surface area contributed by atoms with Crippen molar-refractivity contribution in [2.45, 2.75) is 50.5 Å². The highest BCUT2D eigenvalue weighted by Gasteiger charge is 2.28. The summed E-state index contributed by atoms with van der Waals surface area (Å²) in [5.41, 5.74) is 1.06. The van der Waals surface area contributed by atoms with Gasteiger partial charge >= 0.3 is 0 Å². The summed E-state index contributed by atoms with van der Waals surface area (Å²) in [6, 6.07) is 7.06. The maximum atomic E-state index is 12.4. The number of aryl methyl sites for hydroxylation is 1. The van der Waals surface area contributed by atoms with Gasteiger partial charge in [-0.25, -0.2) is 13.1 Å². The van der Waals surface area contributed by atoms with Gasteiger partial charge in [-0.1, -0.05) is 26.0 Å². The number of rotatable bonds is 5. The van der Waals surface area contributed by atoms with E-state index in [1.165, 1.54) is 0 Å². The van der Waals surface area contributed by atoms with Crippen molar-refractivity contribution >= 4 is 21.6 Å². The van der Waals surface area contributed by atoms with E-state index in [0.29, 0.717) is 22.6 Å². The molecule has 1 saturated carbocycles. The molecule has 1 aliphatic carbocycles. The number of nitrogens with one attached hydrogen (secondary N) is 1. The number of halogens is 1. The number of sulfonamides is 1. The largest absolute Gasteiger partial charge is 0.240 e. The predicted molar refractivity (Wildman–Crippen MR) is 87.2 cm³/mol. The van der Waals surface area contributed by atoms with Crippen molar-refractivity contribution in [1.29, 1.82) is 0 Å². The highest BCUT2D eigenvalue weighted by Crippen LogP contribution is 2.30. The van der Waals surface area contributed by atoms with Crippen molar-refractivity contribution in [3.63, 3.8) is 0 Å². The van der Waals surface area contributed by atoms with E-state index in [9.17, 15) is 8.42 Å². The lowest BCUT2D eigenvalue weighted by molar-refractivity contribution is 0.242. The third kappa shape index (κ3) is 4.44. The zero-order valence-electron chi connectivity index (χ0n) is 12.7. The van der Waals surface area contributed by atoms with Gasteiger partial charge in [-0.15, -0.1) is 11.6 Å². The number of alkyl halides is 1. The van der Waals surface area contributed by atoms with Gasteiger partial charge in [0.2, 0.25) is 10.0 Å². The van der Waals surface area contributed by atoms with E-state index in [4.69, 9.17) is 11.6 Å². The van der Waals surface area contributed by atoms with Gasteiger partial charge in [0.05, 0.1) is 4.90 Å². The molecule has 0 spiro atoms. The summed E-state index contributed by atoms with van der Waals surface area (Å²) in [5.74, 6) is 1.79. The first-order valence-electron chi connectivity index (χ1n) is 7.59. The molecule has 0 aliphatic heterocycles. The minimum atomic E-state index is -3.42. The normalized spacial score (nSPS) is 26.7. The molecular weight excluding hydrogens is 306 g/mol. The van der Waals surface area contributed by atoms with Gasteiger partial charge < -0.3 is 0 Å². The number of hydrogen-bond acceptors (Lipinski definition) is 2. The van der Waals surface area contributed by atoms with Crippen molar-refractivity contribution in [2.75, 3.05) is 5.88 Å². The second-order valence-corrected chi connectivity index (χ2v) is 8.26. The van der Waals surface area contributed by atoms with E-state index in [2.05, 4.69) is 18.6 Å². The fourth-order valence-electron chi connectivity index (χ4n) is 2.89. The Labute approximate surface area is 133 Å². The Balaban J connectivity index is 2.04. The Bertz CT molecular complexity index is 556. The van der Waals surface area contributed by atoms with Crippen LogP contribution in [0.15, 0.2) is 29.2 Å². The molecule has 3 atom stereocenters. The molecule has 0 saturated heterocycles. The molecule has 1 N–H and O–H groups in total. The zero-order valence-corrected chi connectivity index (χ0v) is 14.3. The van der Waals surface area contributed by atoms with Crippen LogP contribution in [-0.4, -0.2) is 20.3 Å². The van der Waals surface area contributed by atoms with Crippen molar-refractivity contribution < 1.29 is 8.42 Å². The lowest BCUT2D eigenvalue weighted by atomic mass is 9.79. The predicted octanol–water partition coefficient (Wildman–Crippen LogP) is 3.57. The molecule has 3 nitrogen and oxygen atoms in total. The molecule has 3 unspecified atom stereocenters. The molecule has 1 aliphatic rings. The molecule has 5 heteroatoms. The molecule has 2 rings (SSSR count). The molecule has 1 fully saturated rings. The van der Waals surface area contributed by atoms with Gasteiger partial charge in [-0.2, -0.15) is 0 Å². The monoisotopic (exact) mass is 329 g/mol. The SMILES string of the molecule is CC1CCC(NS(=O)(=O)c2ccc(CCCl)cc2)CC1C. The van der Waals surface area contributed by atoms with Crippen LogP contribution in [0.4, 0.5) is 0 Å². The average Bonchev–Trinajstić information content (AvgIpc) is 2.44. The standard InChI is InChI=1S/C16H24ClNO2S/c1-12-3-6-15(11-13(12)2)18-21(19,20)16-7-4-14(5-8-16)9-10-17/h4-5,7-8,12-13,15,18H,3,6,9-11H2,1-2H3. The summed E-state index contributed by atoms with van der Waals surface area (Å²) in [4.78, 5) is 0.340. The first-order chi connectivity index (χ1) is 9.92. The molecule has 0 heterocycles. The quantitative estimate of drug-likeness (QED) is 0.839. The Hall–Kier alpha value is -0.580. The number of benzene rings is 1. The Morgan fingerprint density at radius 3 is 2.38 bits per heavy atom. The van der Waals surface area contributed by atoms with E-state index < -0.39 is 10.0 Å². The van der Waals surface area contributed by atoms with Gasteiger partial charge in [0, 0.05) is 11.9 Å². The van der Waals surface area contributed by atoms with Crippen LogP contribution in [0.25, 0.3) is 0 Å². The van der Waals surface area contributed by atoms with Gasteiger partial charge in [0.15, 0.2) is 0 Å². The maximum absolute atomic E-state index is 12.4. The minimum Gasteiger partial charge on any atom is -0.208 e. The topological polar surface area (TPSA) is 46.2 Å². The summed E-state index contributed by atoms with van der Waals surface area (Å²) in [6.07, 6.45) is 3.69. The van der Waals surface area contributed by atoms with E-state index >= 15 is 0 Å². The molecule has 118 valence electrons. The van der Waals surface area contributed by atoms with Crippen LogP contribution in [0.3, 0.4) is 0 Å². The Kier molecular flexibility index (Phi) is 5.69. The summed E-state index contributed by atoms with van der Waals surface area (Å²) in [5, 5.41) is 0. The van der Waals surface area contributed by atoms with Crippen molar-refractivity contribution in [3.05, 3.63) is 29.8 Å². The van der Waals surface area contributed by atoms with E-state index in [1.54, 1.807) is 12.1 Å². The summed E-state index contributed by atoms with van der Waals surface area (Å²) < 4.78 is 27.7. The lowest BCUT2D eigenvalue weighted by Crippen LogP contribution is -2.39. The molecule has 0 radical (unpaired) electrons. The van der Waals surface area contributed by atoms with E-state index in [0.717, 1.165) is 31.2 Å². The van der Waals surface area contributed by atoms with Crippen LogP contribution in [0.1, 0.15) is 38.7 Å². The number of hydrogen-bond donors (Lipinski definition) is 1. The zero-order chi connectivity index (χ0) is 15.5. The van der Waals surface area contributed by atoms with Crippen molar-refractivity contribution in [1.82, 2.24) is 4.72 Å². The highest BCUT2D eigenvalue weighted by molar-refractivity contribution is 7.89. The lowest BCUT2D eigenvalue weighted by Gasteiger charge is -2.32. The van der Waals surface area contributed by atoms with E-state index in [-0.39, 0.29) is 6.04 Å². The van der Waals surface area contributed by atoms with Crippen LogP contribution in [0.5, 0.6) is 0 Å². The first-order valence-corrected chi connectivity index (χ1v) is 9.61. The fourth-order valence-corrected chi connectivity index (χ4v) is 4.39. The molecule has 0 aromatic heterocycles. The van der Waals surface area contributed by atoms with Gasteiger partial charge in [0.1, 0.15) is 0 Å². The van der Waals surface area contributed by atoms with Crippen molar-refractivity contribution in [2.24, 2.45) is 11.8 Å². The van der Waals surface area contributed by atoms with Gasteiger partial charge in [0.25, 0.3) is 0 Å². The fraction of sp³-hybridized carbons (Fsp3) is 0.625. The maximum Gasteiger partial charge on any atom is 0.240 e. The van der Waals surface area contributed by atoms with Crippen LogP contribution in [-0.2, 0) is 16.4 Å². The second-order valence-electron chi connectivity index (χ2n) is 6.17. The van der Waals surface area contributed by atoms with Crippen LogP contribution in [0.2, 0.25) is 0 Å². The molecule has 0 amide bonds. The van der Waals surface area contributed by atoms with E-state index in [1.807, 2.05) is 12.1 Å². The van der Waals surface area contributed by atoms with Crippen LogP contribution in [0, 0.1) is 11.8 Å². The van der Waals surface area contributed by atoms with Crippen LogP contribution >= 0.6 is 11.6 Å². The summed E-state index contributed by atoms with van der Waals surface area (Å²) >= 11 is 5.69. The third-order valence-electron chi connectivity index (χ3n) is 4.54. The molecule has 0 bridgehead atoms. The summed E-state index contributed by atoms with van der Waals surface area (Å²) in [7, 11) is -3.42. The Morgan fingerprint density at radius 2 is 1.81 bits per heavy atom. The van der Waals surface area contributed by atoms with Crippen molar-refractivity contribution in [3.8, 4) is 0 Å². The first kappa shape index (κ1) is 16.8. The molecule has 1 aromatic carbocycles. The average molecular weight is 330 g/mol. The summed E-state index contributed by atoms with van der Waals surface area (Å²) in [6.45, 7) is 4.44. The molecule has 21 heavy (non-hydrogen) atoms. The molecular formula is C16H24ClNO2S. The third-order valence-corrected chi connectivity index (χ3v) is 6.26. The molecule has 1 aromatic rings. The Morgan fingerprint density at radius 1 is 1.14 bits per heavy atom. The van der Waals surface area contributed by atoms with Gasteiger partial charge in [-0.05, 0) is 55.2 Å². The highest BCUT2D eigenvalue weighted by atomic mass is 35.5. The smallest absolute Gasteiger partial charge is 0.208 e. The second kappa shape index (κ2) is 7.12. The van der Waals surface area contributed by atoms with Crippen LogP contribution < -0.4 is 4.72 Å². The minimum absolute atomic E-state index is 0.0590. The van der Waals surface area contributed by atoms with Gasteiger partial charge in [-0.3, -0.25) is 0 Å².